The summed E-state index contributed by atoms with van der Waals surface area (Å²) in [6, 6.07) is 0. The van der Waals surface area contributed by atoms with Gasteiger partial charge < -0.3 is 9.66 Å². The molecular weight excluding hydrogens is 299 g/mol. The molecule has 0 aliphatic heterocycles. The molecule has 0 aromatic heterocycles. The second-order valence-electron chi connectivity index (χ2n) is 5.69. The van der Waals surface area contributed by atoms with Crippen molar-refractivity contribution in [2.24, 2.45) is 0 Å². The van der Waals surface area contributed by atoms with Crippen LogP contribution in [-0.2, 0) is 10.1 Å². The zero-order chi connectivity index (χ0) is 15.4. The van der Waals surface area contributed by atoms with E-state index in [0.29, 0.717) is 12.8 Å². The van der Waals surface area contributed by atoms with Gasteiger partial charge in [0.05, 0.1) is 16.2 Å². The van der Waals surface area contributed by atoms with E-state index >= 15 is 0 Å². The van der Waals surface area contributed by atoms with Crippen LogP contribution in [0.25, 0.3) is 0 Å². The normalized spacial score (nSPS) is 14.5. The molecular formula is C15H31NaO4S. The Bertz CT molecular complexity index is 320. The largest absolute Gasteiger partial charge is 1.00 e. The van der Waals surface area contributed by atoms with Gasteiger partial charge in [-0.05, 0) is 25.7 Å². The molecule has 0 aromatic rings. The molecule has 1 N–H and O–H groups in total. The van der Waals surface area contributed by atoms with Crippen molar-refractivity contribution < 1.29 is 47.6 Å². The average Bonchev–Trinajstić information content (AvgIpc) is 2.37. The summed E-state index contributed by atoms with van der Waals surface area (Å²) in [5.41, 5.74) is 0. The molecule has 0 radical (unpaired) electrons. The fraction of sp³-hybridized carbons (Fsp3) is 1.00. The van der Waals surface area contributed by atoms with Gasteiger partial charge in [-0.2, -0.15) is 0 Å². The van der Waals surface area contributed by atoms with Gasteiger partial charge in [0, 0.05) is 5.25 Å². The summed E-state index contributed by atoms with van der Waals surface area (Å²) >= 11 is 0. The van der Waals surface area contributed by atoms with E-state index in [1.807, 2.05) is 6.92 Å². The van der Waals surface area contributed by atoms with E-state index in [-0.39, 0.29) is 35.7 Å². The fourth-order valence-corrected chi connectivity index (χ4v) is 3.42. The van der Waals surface area contributed by atoms with E-state index in [4.69, 9.17) is 0 Å². The molecule has 0 rings (SSSR count). The van der Waals surface area contributed by atoms with Crippen LogP contribution in [0, 0.1) is 0 Å². The SMILES string of the molecule is CCCCC(O)CCCCCCC(CCC)S(=O)(=O)[O-].[Na+]. The molecule has 0 heterocycles. The Morgan fingerprint density at radius 2 is 1.38 bits per heavy atom. The topological polar surface area (TPSA) is 77.4 Å². The summed E-state index contributed by atoms with van der Waals surface area (Å²) in [5, 5.41) is 8.98. The van der Waals surface area contributed by atoms with Gasteiger partial charge in [-0.25, -0.2) is 8.42 Å². The van der Waals surface area contributed by atoms with Gasteiger partial charge in [0.25, 0.3) is 0 Å². The van der Waals surface area contributed by atoms with Crippen LogP contribution in [0.2, 0.25) is 0 Å². The Kier molecular flexibility index (Phi) is 16.6. The minimum Gasteiger partial charge on any atom is -0.748 e. The summed E-state index contributed by atoms with van der Waals surface area (Å²) in [6.07, 6.45) is 9.10. The first kappa shape index (κ1) is 24.1. The first-order valence-electron chi connectivity index (χ1n) is 8.04. The van der Waals surface area contributed by atoms with Crippen LogP contribution in [0.1, 0.15) is 84.5 Å². The first-order chi connectivity index (χ1) is 9.41. The van der Waals surface area contributed by atoms with Crippen LogP contribution in [0.15, 0.2) is 0 Å². The molecule has 0 aromatic carbocycles. The molecule has 0 aliphatic carbocycles. The van der Waals surface area contributed by atoms with Gasteiger partial charge in [0.1, 0.15) is 0 Å². The fourth-order valence-electron chi connectivity index (χ4n) is 2.44. The number of aliphatic hydroxyl groups is 1. The predicted octanol–water partition coefficient (Wildman–Crippen LogP) is 0.596. The van der Waals surface area contributed by atoms with Crippen LogP contribution < -0.4 is 29.6 Å². The third-order valence-corrected chi connectivity index (χ3v) is 5.01. The minimum absolute atomic E-state index is 0. The molecule has 2 atom stereocenters. The second kappa shape index (κ2) is 14.5. The zero-order valence-corrected chi connectivity index (χ0v) is 16.8. The molecule has 6 heteroatoms. The van der Waals surface area contributed by atoms with Crippen LogP contribution in [0.5, 0.6) is 0 Å². The van der Waals surface area contributed by atoms with Crippen molar-refractivity contribution in [2.75, 3.05) is 0 Å². The average molecular weight is 330 g/mol. The third kappa shape index (κ3) is 14.2. The van der Waals surface area contributed by atoms with Crippen molar-refractivity contribution >= 4 is 10.1 Å². The van der Waals surface area contributed by atoms with Gasteiger partial charge in [0.15, 0.2) is 0 Å². The van der Waals surface area contributed by atoms with E-state index in [1.165, 1.54) is 0 Å². The van der Waals surface area contributed by atoms with E-state index in [9.17, 15) is 18.1 Å². The standard InChI is InChI=1S/C15H32O4S.Na/c1-3-5-11-14(16)12-8-6-7-9-13-15(10-4-2)20(17,18)19;/h14-16H,3-13H2,1-2H3,(H,17,18,19);/q;+1/p-1. The molecule has 0 spiro atoms. The van der Waals surface area contributed by atoms with Gasteiger partial charge in [0.2, 0.25) is 0 Å². The van der Waals surface area contributed by atoms with Crippen molar-refractivity contribution in [3.63, 3.8) is 0 Å². The second-order valence-corrected chi connectivity index (χ2v) is 7.34. The molecule has 2 unspecified atom stereocenters. The number of aliphatic hydroxyl groups excluding tert-OH is 1. The first-order valence-corrected chi connectivity index (χ1v) is 9.51. The van der Waals surface area contributed by atoms with Crippen molar-refractivity contribution in [3.05, 3.63) is 0 Å². The van der Waals surface area contributed by atoms with Crippen molar-refractivity contribution in [2.45, 2.75) is 95.8 Å². The molecule has 0 saturated carbocycles. The summed E-state index contributed by atoms with van der Waals surface area (Å²) in [5.74, 6) is 0. The van der Waals surface area contributed by atoms with Gasteiger partial charge in [-0.1, -0.05) is 58.8 Å². The molecule has 21 heavy (non-hydrogen) atoms. The summed E-state index contributed by atoms with van der Waals surface area (Å²) < 4.78 is 33.1. The number of unbranched alkanes of at least 4 members (excludes halogenated alkanes) is 4. The Balaban J connectivity index is 0. The maximum absolute atomic E-state index is 11.0. The van der Waals surface area contributed by atoms with Crippen LogP contribution in [0.4, 0.5) is 0 Å². The summed E-state index contributed by atoms with van der Waals surface area (Å²) in [4.78, 5) is 0. The van der Waals surface area contributed by atoms with E-state index in [0.717, 1.165) is 57.8 Å². The van der Waals surface area contributed by atoms with Crippen LogP contribution in [-0.4, -0.2) is 29.4 Å². The minimum atomic E-state index is -4.13. The molecule has 0 amide bonds. The van der Waals surface area contributed by atoms with E-state index in [2.05, 4.69) is 6.92 Å². The predicted molar refractivity (Wildman–Crippen MR) is 81.6 cm³/mol. The molecule has 0 aliphatic rings. The van der Waals surface area contributed by atoms with Gasteiger partial charge >= 0.3 is 29.6 Å². The van der Waals surface area contributed by atoms with Crippen LogP contribution in [0.3, 0.4) is 0 Å². The summed E-state index contributed by atoms with van der Waals surface area (Å²) in [6.45, 7) is 4.01. The Morgan fingerprint density at radius 1 is 0.857 bits per heavy atom. The number of hydrogen-bond acceptors (Lipinski definition) is 4. The molecule has 0 bridgehead atoms. The quantitative estimate of drug-likeness (QED) is 0.305. The van der Waals surface area contributed by atoms with Crippen molar-refractivity contribution in [1.29, 1.82) is 0 Å². The van der Waals surface area contributed by atoms with Gasteiger partial charge in [-0.15, -0.1) is 0 Å². The molecule has 0 saturated heterocycles. The molecule has 122 valence electrons. The third-order valence-electron chi connectivity index (χ3n) is 3.72. The Morgan fingerprint density at radius 3 is 1.86 bits per heavy atom. The van der Waals surface area contributed by atoms with E-state index in [1.54, 1.807) is 0 Å². The smallest absolute Gasteiger partial charge is 0.748 e. The Labute approximate surface area is 153 Å². The maximum Gasteiger partial charge on any atom is 1.00 e. The Hall–Kier alpha value is 0.870. The van der Waals surface area contributed by atoms with Gasteiger partial charge in [-0.3, -0.25) is 0 Å². The summed E-state index contributed by atoms with van der Waals surface area (Å²) in [7, 11) is -4.13. The van der Waals surface area contributed by atoms with Crippen LogP contribution >= 0.6 is 0 Å². The molecule has 0 fully saturated rings. The molecule has 4 nitrogen and oxygen atoms in total. The number of rotatable bonds is 13. The maximum atomic E-state index is 11.0. The van der Waals surface area contributed by atoms with Crippen molar-refractivity contribution in [3.8, 4) is 0 Å². The monoisotopic (exact) mass is 330 g/mol. The van der Waals surface area contributed by atoms with E-state index < -0.39 is 15.4 Å². The van der Waals surface area contributed by atoms with Crippen molar-refractivity contribution in [1.82, 2.24) is 0 Å². The zero-order valence-electron chi connectivity index (χ0n) is 14.0. The number of hydrogen-bond donors (Lipinski definition) is 1.